The number of benzene rings is 1. The maximum absolute atomic E-state index is 10.3. The molecule has 0 aliphatic heterocycles. The lowest BCUT2D eigenvalue weighted by molar-refractivity contribution is -0.136. The first kappa shape index (κ1) is 11.0. The molecule has 0 fully saturated rings. The van der Waals surface area contributed by atoms with Crippen LogP contribution in [0, 0.1) is 6.92 Å². The standard InChI is InChI=1S/C10H12BrNO2/c1-7-3-2-4-8(10(7)11)12-6-5-9(13)14/h2-4,12H,5-6H2,1H3,(H,13,14). The molecule has 0 aromatic heterocycles. The quantitative estimate of drug-likeness (QED) is 0.872. The maximum Gasteiger partial charge on any atom is 0.305 e. The van der Waals surface area contributed by atoms with Gasteiger partial charge in [0, 0.05) is 16.7 Å². The Morgan fingerprint density at radius 3 is 2.93 bits per heavy atom. The molecule has 0 saturated carbocycles. The number of anilines is 1. The number of carboxylic acid groups (broad SMARTS) is 1. The van der Waals surface area contributed by atoms with Crippen molar-refractivity contribution in [2.45, 2.75) is 13.3 Å². The first-order chi connectivity index (χ1) is 6.61. The zero-order valence-corrected chi connectivity index (χ0v) is 9.47. The second-order valence-electron chi connectivity index (χ2n) is 3.01. The van der Waals surface area contributed by atoms with E-state index in [0.717, 1.165) is 15.7 Å². The minimum absolute atomic E-state index is 0.125. The molecule has 1 aromatic carbocycles. The summed E-state index contributed by atoms with van der Waals surface area (Å²) >= 11 is 3.44. The summed E-state index contributed by atoms with van der Waals surface area (Å²) in [7, 11) is 0. The second kappa shape index (κ2) is 5.00. The summed E-state index contributed by atoms with van der Waals surface area (Å²) < 4.78 is 0.991. The van der Waals surface area contributed by atoms with Crippen molar-refractivity contribution in [2.24, 2.45) is 0 Å². The summed E-state index contributed by atoms with van der Waals surface area (Å²) in [6, 6.07) is 5.84. The number of aryl methyl sites for hydroxylation is 1. The Balaban J connectivity index is 2.59. The van der Waals surface area contributed by atoms with Crippen LogP contribution in [-0.4, -0.2) is 17.6 Å². The van der Waals surface area contributed by atoms with Crippen molar-refractivity contribution in [3.8, 4) is 0 Å². The van der Waals surface area contributed by atoms with E-state index in [1.54, 1.807) is 0 Å². The van der Waals surface area contributed by atoms with Crippen LogP contribution >= 0.6 is 15.9 Å². The zero-order chi connectivity index (χ0) is 10.6. The lowest BCUT2D eigenvalue weighted by Gasteiger charge is -2.08. The highest BCUT2D eigenvalue weighted by molar-refractivity contribution is 9.10. The fourth-order valence-electron chi connectivity index (χ4n) is 1.09. The Bertz CT molecular complexity index is 339. The van der Waals surface area contributed by atoms with E-state index < -0.39 is 5.97 Å². The molecule has 1 aromatic rings. The van der Waals surface area contributed by atoms with Gasteiger partial charge in [-0.3, -0.25) is 4.79 Å². The third kappa shape index (κ3) is 3.03. The van der Waals surface area contributed by atoms with Crippen molar-refractivity contribution < 1.29 is 9.90 Å². The molecule has 0 radical (unpaired) electrons. The number of rotatable bonds is 4. The minimum Gasteiger partial charge on any atom is -0.481 e. The normalized spacial score (nSPS) is 9.86. The van der Waals surface area contributed by atoms with Crippen LogP contribution in [0.25, 0.3) is 0 Å². The van der Waals surface area contributed by atoms with Crippen molar-refractivity contribution in [3.63, 3.8) is 0 Å². The molecule has 0 spiro atoms. The van der Waals surface area contributed by atoms with Crippen molar-refractivity contribution in [2.75, 3.05) is 11.9 Å². The molecule has 0 bridgehead atoms. The maximum atomic E-state index is 10.3. The molecule has 0 saturated heterocycles. The van der Waals surface area contributed by atoms with Gasteiger partial charge >= 0.3 is 5.97 Å². The second-order valence-corrected chi connectivity index (χ2v) is 3.80. The number of hydrogen-bond acceptors (Lipinski definition) is 2. The Hall–Kier alpha value is -1.03. The first-order valence-corrected chi connectivity index (χ1v) is 5.11. The number of carbonyl (C=O) groups is 1. The Kier molecular flexibility index (Phi) is 3.95. The first-order valence-electron chi connectivity index (χ1n) is 4.32. The molecule has 14 heavy (non-hydrogen) atoms. The monoisotopic (exact) mass is 257 g/mol. The van der Waals surface area contributed by atoms with Crippen molar-refractivity contribution in [1.82, 2.24) is 0 Å². The van der Waals surface area contributed by atoms with E-state index in [4.69, 9.17) is 5.11 Å². The molecule has 4 heteroatoms. The Labute approximate surface area is 91.3 Å². The third-order valence-corrected chi connectivity index (χ3v) is 2.90. The van der Waals surface area contributed by atoms with E-state index >= 15 is 0 Å². The molecule has 76 valence electrons. The molecule has 0 heterocycles. The van der Waals surface area contributed by atoms with Gasteiger partial charge in [-0.2, -0.15) is 0 Å². The van der Waals surface area contributed by atoms with Gasteiger partial charge in [0.25, 0.3) is 0 Å². The molecular formula is C10H12BrNO2. The summed E-state index contributed by atoms with van der Waals surface area (Å²) in [6.07, 6.45) is 0.125. The molecule has 0 unspecified atom stereocenters. The van der Waals surface area contributed by atoms with Crippen LogP contribution < -0.4 is 5.32 Å². The van der Waals surface area contributed by atoms with Gasteiger partial charge < -0.3 is 10.4 Å². The number of aliphatic carboxylic acids is 1. The Morgan fingerprint density at radius 2 is 2.29 bits per heavy atom. The van der Waals surface area contributed by atoms with E-state index in [2.05, 4.69) is 21.2 Å². The average molecular weight is 258 g/mol. The number of nitrogens with one attached hydrogen (secondary N) is 1. The average Bonchev–Trinajstić information content (AvgIpc) is 2.12. The van der Waals surface area contributed by atoms with Gasteiger partial charge in [0.05, 0.1) is 6.42 Å². The van der Waals surface area contributed by atoms with Crippen LogP contribution in [0.5, 0.6) is 0 Å². The van der Waals surface area contributed by atoms with Gasteiger partial charge in [0.15, 0.2) is 0 Å². The van der Waals surface area contributed by atoms with Crippen LogP contribution in [-0.2, 0) is 4.79 Å². The largest absolute Gasteiger partial charge is 0.481 e. The lowest BCUT2D eigenvalue weighted by Crippen LogP contribution is -2.07. The van der Waals surface area contributed by atoms with Crippen molar-refractivity contribution in [1.29, 1.82) is 0 Å². The van der Waals surface area contributed by atoms with E-state index in [0.29, 0.717) is 6.54 Å². The van der Waals surface area contributed by atoms with E-state index in [1.807, 2.05) is 25.1 Å². The van der Waals surface area contributed by atoms with E-state index in [-0.39, 0.29) is 6.42 Å². The molecule has 2 N–H and O–H groups in total. The molecule has 0 aliphatic rings. The molecule has 1 rings (SSSR count). The van der Waals surface area contributed by atoms with Crippen molar-refractivity contribution in [3.05, 3.63) is 28.2 Å². The zero-order valence-electron chi connectivity index (χ0n) is 7.88. The Morgan fingerprint density at radius 1 is 1.57 bits per heavy atom. The minimum atomic E-state index is -0.790. The van der Waals surface area contributed by atoms with Crippen molar-refractivity contribution >= 4 is 27.6 Å². The lowest BCUT2D eigenvalue weighted by atomic mass is 10.2. The van der Waals surface area contributed by atoms with Gasteiger partial charge in [0.1, 0.15) is 0 Å². The van der Waals surface area contributed by atoms with Crippen LogP contribution in [0.3, 0.4) is 0 Å². The molecule has 0 atom stereocenters. The van der Waals surface area contributed by atoms with Gasteiger partial charge in [-0.1, -0.05) is 12.1 Å². The summed E-state index contributed by atoms with van der Waals surface area (Å²) in [5.41, 5.74) is 2.07. The van der Waals surface area contributed by atoms with Crippen LogP contribution in [0.4, 0.5) is 5.69 Å². The predicted molar refractivity (Wildman–Crippen MR) is 59.6 cm³/mol. The van der Waals surface area contributed by atoms with Crippen LogP contribution in [0.15, 0.2) is 22.7 Å². The number of hydrogen-bond donors (Lipinski definition) is 2. The van der Waals surface area contributed by atoms with Gasteiger partial charge in [0.2, 0.25) is 0 Å². The molecule has 0 amide bonds. The van der Waals surface area contributed by atoms with Crippen LogP contribution in [0.2, 0.25) is 0 Å². The topological polar surface area (TPSA) is 49.3 Å². The fraction of sp³-hybridized carbons (Fsp3) is 0.300. The molecular weight excluding hydrogens is 246 g/mol. The van der Waals surface area contributed by atoms with E-state index in [9.17, 15) is 4.79 Å². The van der Waals surface area contributed by atoms with Crippen LogP contribution in [0.1, 0.15) is 12.0 Å². The smallest absolute Gasteiger partial charge is 0.305 e. The van der Waals surface area contributed by atoms with E-state index in [1.165, 1.54) is 0 Å². The highest BCUT2D eigenvalue weighted by atomic mass is 79.9. The van der Waals surface area contributed by atoms with Gasteiger partial charge in [-0.15, -0.1) is 0 Å². The predicted octanol–water partition coefficient (Wildman–Crippen LogP) is 2.64. The molecule has 3 nitrogen and oxygen atoms in total. The third-order valence-electron chi connectivity index (χ3n) is 1.85. The summed E-state index contributed by atoms with van der Waals surface area (Å²) in [5.74, 6) is -0.790. The summed E-state index contributed by atoms with van der Waals surface area (Å²) in [6.45, 7) is 2.43. The molecule has 0 aliphatic carbocycles. The summed E-state index contributed by atoms with van der Waals surface area (Å²) in [5, 5.41) is 11.5. The number of halogens is 1. The fourth-order valence-corrected chi connectivity index (χ4v) is 1.49. The number of carboxylic acids is 1. The summed E-state index contributed by atoms with van der Waals surface area (Å²) in [4.78, 5) is 10.3. The highest BCUT2D eigenvalue weighted by Crippen LogP contribution is 2.25. The van der Waals surface area contributed by atoms with Gasteiger partial charge in [-0.05, 0) is 34.5 Å². The van der Waals surface area contributed by atoms with Gasteiger partial charge in [-0.25, -0.2) is 0 Å². The highest BCUT2D eigenvalue weighted by Gasteiger charge is 2.02. The SMILES string of the molecule is Cc1cccc(NCCC(=O)O)c1Br.